The second-order valence-electron chi connectivity index (χ2n) is 8.37. The molecular weight excluding hydrogens is 446 g/mol. The average Bonchev–Trinajstić information content (AvgIpc) is 3.14. The van der Waals surface area contributed by atoms with Crippen LogP contribution in [0.3, 0.4) is 0 Å². The third-order valence-corrected chi connectivity index (χ3v) is 6.08. The van der Waals surface area contributed by atoms with Crippen LogP contribution in [0.4, 0.5) is 5.69 Å². The van der Waals surface area contributed by atoms with Crippen molar-refractivity contribution in [3.05, 3.63) is 89.0 Å². The number of rotatable bonds is 5. The summed E-state index contributed by atoms with van der Waals surface area (Å²) in [6, 6.07) is 18.7. The van der Waals surface area contributed by atoms with E-state index >= 15 is 0 Å². The number of aliphatic hydroxyl groups is 1. The van der Waals surface area contributed by atoms with E-state index in [1.54, 1.807) is 54.6 Å². The zero-order valence-corrected chi connectivity index (χ0v) is 19.5. The molecule has 1 atom stereocenters. The van der Waals surface area contributed by atoms with Crippen molar-refractivity contribution in [2.45, 2.75) is 19.9 Å². The molecule has 178 valence electrons. The molecule has 1 unspecified atom stereocenters. The molecule has 2 aliphatic heterocycles. The van der Waals surface area contributed by atoms with E-state index in [-0.39, 0.29) is 11.3 Å². The summed E-state index contributed by atoms with van der Waals surface area (Å²) >= 11 is 0. The molecule has 0 aromatic heterocycles. The molecule has 7 heteroatoms. The van der Waals surface area contributed by atoms with Crippen LogP contribution in [0.25, 0.3) is 5.76 Å². The number of amides is 1. The molecular formula is C28H25NO6. The van der Waals surface area contributed by atoms with Gasteiger partial charge in [-0.05, 0) is 61.9 Å². The first kappa shape index (κ1) is 22.5. The Morgan fingerprint density at radius 2 is 1.66 bits per heavy atom. The van der Waals surface area contributed by atoms with Crippen LogP contribution in [0.1, 0.15) is 29.7 Å². The monoisotopic (exact) mass is 471 g/mol. The number of carbonyl (C=O) groups is 2. The molecule has 0 saturated carbocycles. The number of hydrogen-bond acceptors (Lipinski definition) is 6. The number of anilines is 1. The van der Waals surface area contributed by atoms with Crippen LogP contribution >= 0.6 is 0 Å². The molecule has 5 rings (SSSR count). The van der Waals surface area contributed by atoms with Crippen LogP contribution in [0.2, 0.25) is 0 Å². The van der Waals surface area contributed by atoms with E-state index in [0.717, 1.165) is 5.56 Å². The third kappa shape index (κ3) is 4.10. The van der Waals surface area contributed by atoms with Gasteiger partial charge in [0.2, 0.25) is 0 Å². The normalized spacial score (nSPS) is 18.6. The second-order valence-corrected chi connectivity index (χ2v) is 8.37. The first-order chi connectivity index (χ1) is 17.0. The predicted octanol–water partition coefficient (Wildman–Crippen LogP) is 4.79. The topological polar surface area (TPSA) is 85.3 Å². The quantitative estimate of drug-likeness (QED) is 0.327. The molecule has 1 fully saturated rings. The van der Waals surface area contributed by atoms with Crippen molar-refractivity contribution in [2.24, 2.45) is 0 Å². The summed E-state index contributed by atoms with van der Waals surface area (Å²) in [5.74, 6) is -0.00507. The SMILES string of the molecule is CCOc1ccc(C2/C(=C(/O)c3ccc4c(c3)OCCO4)C(=O)C(=O)N2c2ccc(C)cc2)cc1. The number of hydrogen-bond donors (Lipinski definition) is 1. The Labute approximate surface area is 203 Å². The molecule has 0 spiro atoms. The maximum Gasteiger partial charge on any atom is 0.300 e. The van der Waals surface area contributed by atoms with Gasteiger partial charge in [0.1, 0.15) is 24.7 Å². The predicted molar refractivity (Wildman–Crippen MR) is 131 cm³/mol. The van der Waals surface area contributed by atoms with Crippen LogP contribution in [-0.4, -0.2) is 36.6 Å². The minimum atomic E-state index is -0.818. The van der Waals surface area contributed by atoms with E-state index in [1.807, 2.05) is 26.0 Å². The van der Waals surface area contributed by atoms with E-state index in [1.165, 1.54) is 4.90 Å². The highest BCUT2D eigenvalue weighted by Gasteiger charge is 2.47. The van der Waals surface area contributed by atoms with Crippen LogP contribution in [0.5, 0.6) is 17.2 Å². The molecule has 2 aliphatic rings. The van der Waals surface area contributed by atoms with Crippen molar-refractivity contribution < 1.29 is 28.9 Å². The van der Waals surface area contributed by atoms with Gasteiger partial charge in [-0.15, -0.1) is 0 Å². The van der Waals surface area contributed by atoms with Crippen molar-refractivity contribution in [1.29, 1.82) is 0 Å². The first-order valence-corrected chi connectivity index (χ1v) is 11.5. The fourth-order valence-electron chi connectivity index (χ4n) is 4.38. The smallest absolute Gasteiger partial charge is 0.300 e. The number of ketones is 1. The fourth-order valence-corrected chi connectivity index (χ4v) is 4.38. The van der Waals surface area contributed by atoms with Crippen LogP contribution in [0, 0.1) is 6.92 Å². The molecule has 1 N–H and O–H groups in total. The molecule has 3 aromatic rings. The molecule has 3 aromatic carbocycles. The lowest BCUT2D eigenvalue weighted by atomic mass is 9.95. The van der Waals surface area contributed by atoms with Gasteiger partial charge in [0.05, 0.1) is 18.2 Å². The zero-order chi connectivity index (χ0) is 24.5. The Kier molecular flexibility index (Phi) is 5.91. The summed E-state index contributed by atoms with van der Waals surface area (Å²) in [5.41, 5.74) is 2.65. The highest BCUT2D eigenvalue weighted by molar-refractivity contribution is 6.51. The molecule has 0 radical (unpaired) electrons. The van der Waals surface area contributed by atoms with Gasteiger partial charge in [0.25, 0.3) is 11.7 Å². The Hall–Kier alpha value is -4.26. The summed E-state index contributed by atoms with van der Waals surface area (Å²) in [5, 5.41) is 11.3. The maximum atomic E-state index is 13.3. The van der Waals surface area contributed by atoms with Gasteiger partial charge >= 0.3 is 0 Å². The first-order valence-electron chi connectivity index (χ1n) is 11.5. The largest absolute Gasteiger partial charge is 0.507 e. The summed E-state index contributed by atoms with van der Waals surface area (Å²) in [6.45, 7) is 5.20. The number of ether oxygens (including phenoxy) is 3. The maximum absolute atomic E-state index is 13.3. The van der Waals surface area contributed by atoms with Crippen molar-refractivity contribution >= 4 is 23.1 Å². The Morgan fingerprint density at radius 1 is 0.971 bits per heavy atom. The van der Waals surface area contributed by atoms with Gasteiger partial charge in [-0.25, -0.2) is 0 Å². The Balaban J connectivity index is 1.66. The van der Waals surface area contributed by atoms with Crippen LogP contribution in [0.15, 0.2) is 72.3 Å². The van der Waals surface area contributed by atoms with Crippen LogP contribution < -0.4 is 19.1 Å². The average molecular weight is 472 g/mol. The molecule has 1 amide bonds. The number of aryl methyl sites for hydroxylation is 1. The molecule has 35 heavy (non-hydrogen) atoms. The molecule has 0 bridgehead atoms. The number of Topliss-reactive ketones (excluding diaryl/α,β-unsaturated/α-hetero) is 1. The molecule has 7 nitrogen and oxygen atoms in total. The van der Waals surface area contributed by atoms with Gasteiger partial charge in [0, 0.05) is 11.3 Å². The third-order valence-electron chi connectivity index (χ3n) is 6.08. The molecule has 0 aliphatic carbocycles. The minimum Gasteiger partial charge on any atom is -0.507 e. The molecule has 2 heterocycles. The van der Waals surface area contributed by atoms with E-state index in [4.69, 9.17) is 14.2 Å². The summed E-state index contributed by atoms with van der Waals surface area (Å²) in [7, 11) is 0. The van der Waals surface area contributed by atoms with Crippen LogP contribution in [-0.2, 0) is 9.59 Å². The fraction of sp³-hybridized carbons (Fsp3) is 0.214. The van der Waals surface area contributed by atoms with E-state index in [0.29, 0.717) is 53.9 Å². The van der Waals surface area contributed by atoms with Gasteiger partial charge < -0.3 is 19.3 Å². The van der Waals surface area contributed by atoms with Gasteiger partial charge in [-0.2, -0.15) is 0 Å². The Bertz CT molecular complexity index is 1310. The lowest BCUT2D eigenvalue weighted by Gasteiger charge is -2.26. The van der Waals surface area contributed by atoms with Crippen molar-refractivity contribution in [3.8, 4) is 17.2 Å². The highest BCUT2D eigenvalue weighted by atomic mass is 16.6. The number of carbonyl (C=O) groups excluding carboxylic acids is 2. The summed E-state index contributed by atoms with van der Waals surface area (Å²) < 4.78 is 16.8. The lowest BCUT2D eigenvalue weighted by molar-refractivity contribution is -0.132. The summed E-state index contributed by atoms with van der Waals surface area (Å²) in [4.78, 5) is 28.0. The van der Waals surface area contributed by atoms with Gasteiger partial charge in [-0.3, -0.25) is 14.5 Å². The second kappa shape index (κ2) is 9.18. The Morgan fingerprint density at radius 3 is 2.34 bits per heavy atom. The van der Waals surface area contributed by atoms with E-state index < -0.39 is 17.7 Å². The standard InChI is InChI=1S/C28H25NO6/c1-3-33-21-11-6-18(7-12-21)25-24(26(30)19-8-13-22-23(16-19)35-15-14-34-22)27(31)28(32)29(25)20-9-4-17(2)5-10-20/h4-13,16,25,30H,3,14-15H2,1-2H3/b26-24-. The van der Waals surface area contributed by atoms with E-state index in [2.05, 4.69) is 0 Å². The number of aliphatic hydroxyl groups excluding tert-OH is 1. The van der Waals surface area contributed by atoms with E-state index in [9.17, 15) is 14.7 Å². The minimum absolute atomic E-state index is 0.0106. The highest BCUT2D eigenvalue weighted by Crippen LogP contribution is 2.43. The van der Waals surface area contributed by atoms with Crippen molar-refractivity contribution in [2.75, 3.05) is 24.7 Å². The molecule has 1 saturated heterocycles. The van der Waals surface area contributed by atoms with Gasteiger partial charge in [-0.1, -0.05) is 29.8 Å². The summed E-state index contributed by atoms with van der Waals surface area (Å²) in [6.07, 6.45) is 0. The number of nitrogens with zero attached hydrogens (tertiary/aromatic N) is 1. The number of benzene rings is 3. The lowest BCUT2D eigenvalue weighted by Crippen LogP contribution is -2.29. The van der Waals surface area contributed by atoms with Gasteiger partial charge in [0.15, 0.2) is 11.5 Å². The number of fused-ring (bicyclic) bond motifs is 1. The van der Waals surface area contributed by atoms with Crippen molar-refractivity contribution in [3.63, 3.8) is 0 Å². The zero-order valence-electron chi connectivity index (χ0n) is 19.5. The van der Waals surface area contributed by atoms with Crippen molar-refractivity contribution in [1.82, 2.24) is 0 Å².